The Morgan fingerprint density at radius 1 is 1.05 bits per heavy atom. The summed E-state index contributed by atoms with van der Waals surface area (Å²) in [7, 11) is 0. The number of amides is 1. The number of carbonyl (C=O) groups is 2. The number of carbonyl (C=O) groups excluding carboxylic acids is 2. The molecule has 1 N–H and O–H groups in total. The second-order valence-corrected chi connectivity index (χ2v) is 7.08. The van der Waals surface area contributed by atoms with Crippen molar-refractivity contribution in [1.82, 2.24) is 5.32 Å². The molecule has 0 aliphatic heterocycles. The molecule has 1 fully saturated rings. The van der Waals surface area contributed by atoms with Gasteiger partial charge in [0.25, 0.3) is 0 Å². The molecule has 1 amide bonds. The quantitative estimate of drug-likeness (QED) is 0.548. The Bertz CT molecular complexity index is 360. The van der Waals surface area contributed by atoms with Crippen molar-refractivity contribution in [3.05, 3.63) is 0 Å². The van der Waals surface area contributed by atoms with Crippen LogP contribution < -0.4 is 5.32 Å². The molecule has 0 unspecified atom stereocenters. The first-order valence-electron chi connectivity index (χ1n) is 8.48. The molecule has 5 nitrogen and oxygen atoms in total. The molecule has 0 aromatic rings. The molecule has 0 aromatic carbocycles. The Labute approximate surface area is 134 Å². The van der Waals surface area contributed by atoms with E-state index in [4.69, 9.17) is 9.47 Å². The minimum absolute atomic E-state index is 0.272. The summed E-state index contributed by atoms with van der Waals surface area (Å²) < 4.78 is 10.5. The highest BCUT2D eigenvalue weighted by molar-refractivity contribution is 5.86. The fourth-order valence-electron chi connectivity index (χ4n) is 2.63. The van der Waals surface area contributed by atoms with Gasteiger partial charge in [0, 0.05) is 0 Å². The van der Waals surface area contributed by atoms with Gasteiger partial charge in [-0.15, -0.1) is 0 Å². The van der Waals surface area contributed by atoms with Crippen LogP contribution >= 0.6 is 0 Å². The van der Waals surface area contributed by atoms with Gasteiger partial charge in [0.1, 0.15) is 5.54 Å². The summed E-state index contributed by atoms with van der Waals surface area (Å²) in [6.45, 7) is 9.01. The Kier molecular flexibility index (Phi) is 7.69. The number of alkyl carbamates (subject to hydrolysis) is 1. The van der Waals surface area contributed by atoms with Crippen molar-refractivity contribution >= 4 is 12.1 Å². The van der Waals surface area contributed by atoms with Crippen LogP contribution in [0.25, 0.3) is 0 Å². The lowest BCUT2D eigenvalue weighted by Gasteiger charge is -2.27. The topological polar surface area (TPSA) is 64.6 Å². The third-order valence-electron chi connectivity index (χ3n) is 3.90. The molecule has 128 valence electrons. The number of hydrogen-bond donors (Lipinski definition) is 1. The second kappa shape index (κ2) is 9.01. The lowest BCUT2D eigenvalue weighted by Crippen LogP contribution is -2.53. The van der Waals surface area contributed by atoms with E-state index in [9.17, 15) is 9.59 Å². The molecule has 1 aliphatic rings. The van der Waals surface area contributed by atoms with Crippen LogP contribution in [0.1, 0.15) is 66.2 Å². The minimum atomic E-state index is -0.883. The average molecular weight is 313 g/mol. The summed E-state index contributed by atoms with van der Waals surface area (Å²) in [5.74, 6) is 0.562. The van der Waals surface area contributed by atoms with Crippen LogP contribution in [0.15, 0.2) is 0 Å². The first kappa shape index (κ1) is 18.8. The van der Waals surface area contributed by atoms with Crippen molar-refractivity contribution in [1.29, 1.82) is 0 Å². The van der Waals surface area contributed by atoms with Gasteiger partial charge in [0.2, 0.25) is 0 Å². The van der Waals surface area contributed by atoms with Gasteiger partial charge in [0.15, 0.2) is 0 Å². The van der Waals surface area contributed by atoms with E-state index in [-0.39, 0.29) is 11.9 Å². The number of esters is 1. The molecular weight excluding hydrogens is 282 g/mol. The summed E-state index contributed by atoms with van der Waals surface area (Å²) in [6.07, 6.45) is 4.48. The van der Waals surface area contributed by atoms with Crippen molar-refractivity contribution in [3.63, 3.8) is 0 Å². The van der Waals surface area contributed by atoms with E-state index >= 15 is 0 Å². The van der Waals surface area contributed by atoms with Gasteiger partial charge in [-0.1, -0.05) is 40.5 Å². The van der Waals surface area contributed by atoms with Crippen LogP contribution in [0.2, 0.25) is 0 Å². The number of nitrogens with one attached hydrogen (secondary N) is 1. The average Bonchev–Trinajstić information content (AvgIpc) is 2.90. The normalized spacial score (nSPS) is 16.8. The maximum Gasteiger partial charge on any atom is 0.408 e. The molecule has 0 aromatic heterocycles. The van der Waals surface area contributed by atoms with E-state index in [0.29, 0.717) is 32.0 Å². The van der Waals surface area contributed by atoms with Crippen molar-refractivity contribution in [3.8, 4) is 0 Å². The van der Waals surface area contributed by atoms with Gasteiger partial charge in [0.05, 0.1) is 13.2 Å². The van der Waals surface area contributed by atoms with Crippen LogP contribution in [-0.4, -0.2) is 30.8 Å². The zero-order valence-electron chi connectivity index (χ0n) is 14.4. The van der Waals surface area contributed by atoms with Gasteiger partial charge in [-0.25, -0.2) is 9.59 Å². The monoisotopic (exact) mass is 313 g/mol. The predicted molar refractivity (Wildman–Crippen MR) is 85.6 cm³/mol. The number of ether oxygens (including phenoxy) is 2. The van der Waals surface area contributed by atoms with Gasteiger partial charge in [-0.2, -0.15) is 0 Å². The molecule has 1 rings (SSSR count). The fraction of sp³-hybridized carbons (Fsp3) is 0.882. The van der Waals surface area contributed by atoms with Gasteiger partial charge in [-0.05, 0) is 37.5 Å². The highest BCUT2D eigenvalue weighted by atomic mass is 16.6. The summed E-state index contributed by atoms with van der Waals surface area (Å²) in [5.41, 5.74) is -0.883. The van der Waals surface area contributed by atoms with Crippen LogP contribution in [0.4, 0.5) is 4.79 Å². The van der Waals surface area contributed by atoms with Crippen LogP contribution in [0.3, 0.4) is 0 Å². The van der Waals surface area contributed by atoms with Crippen molar-refractivity contribution in [2.45, 2.75) is 71.8 Å². The molecule has 1 saturated carbocycles. The summed E-state index contributed by atoms with van der Waals surface area (Å²) in [6, 6.07) is 0. The second-order valence-electron chi connectivity index (χ2n) is 7.08. The standard InChI is InChI=1S/C17H31NO4/c1-13(2)8-7-11-21-15(19)17(9-5-6-10-17)18-16(20)22-12-14(3)4/h13-14H,5-12H2,1-4H3,(H,18,20). The molecule has 5 heteroatoms. The molecule has 0 saturated heterocycles. The lowest BCUT2D eigenvalue weighted by atomic mass is 9.98. The van der Waals surface area contributed by atoms with Crippen LogP contribution in [0, 0.1) is 11.8 Å². The summed E-state index contributed by atoms with van der Waals surface area (Å²) in [4.78, 5) is 24.3. The number of hydrogen-bond acceptors (Lipinski definition) is 4. The van der Waals surface area contributed by atoms with E-state index in [1.54, 1.807) is 0 Å². The van der Waals surface area contributed by atoms with E-state index in [2.05, 4.69) is 19.2 Å². The third-order valence-corrected chi connectivity index (χ3v) is 3.90. The molecule has 0 radical (unpaired) electrons. The highest BCUT2D eigenvalue weighted by Gasteiger charge is 2.44. The van der Waals surface area contributed by atoms with Gasteiger partial charge < -0.3 is 14.8 Å². The SMILES string of the molecule is CC(C)CCCOC(=O)C1(NC(=O)OCC(C)C)CCCC1. The smallest absolute Gasteiger partial charge is 0.408 e. The zero-order valence-corrected chi connectivity index (χ0v) is 14.4. The van der Waals surface area contributed by atoms with Gasteiger partial charge in [-0.3, -0.25) is 0 Å². The first-order valence-corrected chi connectivity index (χ1v) is 8.48. The van der Waals surface area contributed by atoms with E-state index in [0.717, 1.165) is 25.7 Å². The highest BCUT2D eigenvalue weighted by Crippen LogP contribution is 2.31. The zero-order chi connectivity index (χ0) is 16.6. The summed E-state index contributed by atoms with van der Waals surface area (Å²) in [5, 5.41) is 2.76. The Morgan fingerprint density at radius 2 is 1.68 bits per heavy atom. The van der Waals surface area contributed by atoms with Gasteiger partial charge >= 0.3 is 12.1 Å². The summed E-state index contributed by atoms with van der Waals surface area (Å²) >= 11 is 0. The van der Waals surface area contributed by atoms with Crippen molar-refractivity contribution in [2.75, 3.05) is 13.2 Å². The predicted octanol–water partition coefficient (Wildman–Crippen LogP) is 3.66. The van der Waals surface area contributed by atoms with Crippen LogP contribution in [0.5, 0.6) is 0 Å². The Balaban J connectivity index is 2.47. The largest absolute Gasteiger partial charge is 0.464 e. The molecule has 1 aliphatic carbocycles. The molecule has 0 spiro atoms. The molecule has 0 atom stereocenters. The van der Waals surface area contributed by atoms with E-state index in [1.165, 1.54) is 0 Å². The minimum Gasteiger partial charge on any atom is -0.464 e. The lowest BCUT2D eigenvalue weighted by molar-refractivity contribution is -0.151. The molecule has 0 heterocycles. The fourth-order valence-corrected chi connectivity index (χ4v) is 2.63. The maximum atomic E-state index is 12.4. The van der Waals surface area contributed by atoms with E-state index < -0.39 is 11.6 Å². The maximum absolute atomic E-state index is 12.4. The third kappa shape index (κ3) is 6.24. The number of rotatable bonds is 8. The molecule has 22 heavy (non-hydrogen) atoms. The van der Waals surface area contributed by atoms with Crippen molar-refractivity contribution in [2.24, 2.45) is 11.8 Å². The van der Waals surface area contributed by atoms with Crippen LogP contribution in [-0.2, 0) is 14.3 Å². The molecule has 0 bridgehead atoms. The first-order chi connectivity index (χ1) is 10.4. The Hall–Kier alpha value is -1.26. The van der Waals surface area contributed by atoms with E-state index in [1.807, 2.05) is 13.8 Å². The molecular formula is C17H31NO4. The van der Waals surface area contributed by atoms with Crippen molar-refractivity contribution < 1.29 is 19.1 Å². The Morgan fingerprint density at radius 3 is 2.23 bits per heavy atom.